The first kappa shape index (κ1) is 13.2. The molecule has 0 fully saturated rings. The molecule has 0 aliphatic carbocycles. The molecule has 3 N–H and O–H groups in total. The van der Waals surface area contributed by atoms with Crippen LogP contribution in [-0.2, 0) is 4.79 Å². The van der Waals surface area contributed by atoms with Gasteiger partial charge in [-0.05, 0) is 29.8 Å². The standard InChI is InChI=1S/C14H12ClNO3/c15-11-3-1-2-4-12(11)16-13(14(18)19)9-5-7-10(17)8-6-9/h1-8,13,16-17H,(H,18,19). The maximum absolute atomic E-state index is 11.3. The third kappa shape index (κ3) is 3.17. The van der Waals surface area contributed by atoms with Gasteiger partial charge in [-0.2, -0.15) is 0 Å². The average Bonchev–Trinajstić information content (AvgIpc) is 2.39. The molecular weight excluding hydrogens is 266 g/mol. The Balaban J connectivity index is 2.29. The summed E-state index contributed by atoms with van der Waals surface area (Å²) >= 11 is 5.99. The average molecular weight is 278 g/mol. The lowest BCUT2D eigenvalue weighted by Crippen LogP contribution is -2.20. The molecule has 0 amide bonds. The molecule has 1 atom stereocenters. The normalized spacial score (nSPS) is 11.8. The second-order valence-corrected chi connectivity index (χ2v) is 4.39. The zero-order chi connectivity index (χ0) is 13.8. The Morgan fingerprint density at radius 1 is 1.11 bits per heavy atom. The number of anilines is 1. The monoisotopic (exact) mass is 277 g/mol. The zero-order valence-electron chi connectivity index (χ0n) is 9.88. The molecule has 19 heavy (non-hydrogen) atoms. The van der Waals surface area contributed by atoms with Crippen molar-refractivity contribution >= 4 is 23.3 Å². The number of aromatic hydroxyl groups is 1. The Labute approximate surface area is 115 Å². The fraction of sp³-hybridized carbons (Fsp3) is 0.0714. The van der Waals surface area contributed by atoms with E-state index in [0.29, 0.717) is 16.3 Å². The zero-order valence-corrected chi connectivity index (χ0v) is 10.6. The summed E-state index contributed by atoms with van der Waals surface area (Å²) < 4.78 is 0. The van der Waals surface area contributed by atoms with Gasteiger partial charge in [-0.1, -0.05) is 35.9 Å². The van der Waals surface area contributed by atoms with E-state index in [1.807, 2.05) is 0 Å². The number of phenolic OH excluding ortho intramolecular Hbond substituents is 1. The van der Waals surface area contributed by atoms with Gasteiger partial charge in [-0.3, -0.25) is 0 Å². The Morgan fingerprint density at radius 3 is 2.32 bits per heavy atom. The summed E-state index contributed by atoms with van der Waals surface area (Å²) in [6, 6.07) is 12.0. The van der Waals surface area contributed by atoms with Crippen LogP contribution in [0, 0.1) is 0 Å². The number of carboxylic acids is 1. The molecule has 0 aliphatic rings. The minimum Gasteiger partial charge on any atom is -0.508 e. The van der Waals surface area contributed by atoms with E-state index < -0.39 is 12.0 Å². The first-order chi connectivity index (χ1) is 9.08. The lowest BCUT2D eigenvalue weighted by molar-refractivity contribution is -0.138. The quantitative estimate of drug-likeness (QED) is 0.802. The van der Waals surface area contributed by atoms with Gasteiger partial charge in [0.15, 0.2) is 6.04 Å². The van der Waals surface area contributed by atoms with Gasteiger partial charge in [0.2, 0.25) is 0 Å². The number of benzene rings is 2. The number of carbonyl (C=O) groups is 1. The molecule has 2 aromatic rings. The molecule has 98 valence electrons. The number of aliphatic carboxylic acids is 1. The number of phenols is 1. The van der Waals surface area contributed by atoms with Gasteiger partial charge in [0.25, 0.3) is 0 Å². The smallest absolute Gasteiger partial charge is 0.330 e. The second kappa shape index (κ2) is 5.63. The molecule has 2 rings (SSSR count). The van der Waals surface area contributed by atoms with Gasteiger partial charge in [0.05, 0.1) is 10.7 Å². The van der Waals surface area contributed by atoms with Crippen molar-refractivity contribution in [2.24, 2.45) is 0 Å². The molecule has 0 radical (unpaired) electrons. The summed E-state index contributed by atoms with van der Waals surface area (Å²) in [4.78, 5) is 11.3. The highest BCUT2D eigenvalue weighted by molar-refractivity contribution is 6.33. The molecule has 1 unspecified atom stereocenters. The van der Waals surface area contributed by atoms with E-state index in [2.05, 4.69) is 5.32 Å². The van der Waals surface area contributed by atoms with Crippen LogP contribution in [0.2, 0.25) is 5.02 Å². The van der Waals surface area contributed by atoms with Crippen molar-refractivity contribution in [3.63, 3.8) is 0 Å². The second-order valence-electron chi connectivity index (χ2n) is 3.99. The van der Waals surface area contributed by atoms with Crippen LogP contribution in [0.25, 0.3) is 0 Å². The van der Waals surface area contributed by atoms with Gasteiger partial charge in [0.1, 0.15) is 5.75 Å². The van der Waals surface area contributed by atoms with Crippen LogP contribution >= 0.6 is 11.6 Å². The highest BCUT2D eigenvalue weighted by atomic mass is 35.5. The van der Waals surface area contributed by atoms with Crippen molar-refractivity contribution in [3.05, 3.63) is 59.1 Å². The molecule has 0 bridgehead atoms. The number of nitrogens with one attached hydrogen (secondary N) is 1. The molecule has 0 heterocycles. The fourth-order valence-electron chi connectivity index (χ4n) is 1.69. The van der Waals surface area contributed by atoms with Crippen molar-refractivity contribution in [1.29, 1.82) is 0 Å². The van der Waals surface area contributed by atoms with Crippen LogP contribution in [0.4, 0.5) is 5.69 Å². The van der Waals surface area contributed by atoms with Crippen LogP contribution in [0.1, 0.15) is 11.6 Å². The van der Waals surface area contributed by atoms with Crippen molar-refractivity contribution in [2.75, 3.05) is 5.32 Å². The van der Waals surface area contributed by atoms with Crippen LogP contribution in [0.15, 0.2) is 48.5 Å². The van der Waals surface area contributed by atoms with Crippen LogP contribution in [0.5, 0.6) is 5.75 Å². The Bertz CT molecular complexity index is 583. The van der Waals surface area contributed by atoms with E-state index in [4.69, 9.17) is 11.6 Å². The third-order valence-corrected chi connectivity index (χ3v) is 2.98. The van der Waals surface area contributed by atoms with E-state index >= 15 is 0 Å². The molecule has 2 aromatic carbocycles. The Hall–Kier alpha value is -2.20. The first-order valence-corrected chi connectivity index (χ1v) is 5.98. The number of para-hydroxylation sites is 1. The molecule has 4 nitrogen and oxygen atoms in total. The van der Waals surface area contributed by atoms with Crippen molar-refractivity contribution in [3.8, 4) is 5.75 Å². The number of halogens is 1. The summed E-state index contributed by atoms with van der Waals surface area (Å²) in [6.45, 7) is 0. The van der Waals surface area contributed by atoms with Crippen molar-refractivity contribution < 1.29 is 15.0 Å². The lowest BCUT2D eigenvalue weighted by Gasteiger charge is -2.17. The highest BCUT2D eigenvalue weighted by Gasteiger charge is 2.20. The van der Waals surface area contributed by atoms with Gasteiger partial charge in [-0.25, -0.2) is 4.79 Å². The summed E-state index contributed by atoms with van der Waals surface area (Å²) in [5.74, 6) is -0.934. The molecule has 0 spiro atoms. The number of hydrogen-bond donors (Lipinski definition) is 3. The van der Waals surface area contributed by atoms with E-state index in [0.717, 1.165) is 0 Å². The van der Waals surface area contributed by atoms with E-state index in [-0.39, 0.29) is 5.75 Å². The van der Waals surface area contributed by atoms with Gasteiger partial charge in [0, 0.05) is 0 Å². The molecule has 0 aromatic heterocycles. The minimum absolute atomic E-state index is 0.0885. The molecule has 0 saturated heterocycles. The fourth-order valence-corrected chi connectivity index (χ4v) is 1.88. The number of rotatable bonds is 4. The summed E-state index contributed by atoms with van der Waals surface area (Å²) in [7, 11) is 0. The molecule has 5 heteroatoms. The Kier molecular flexibility index (Phi) is 3.92. The molecule has 0 aliphatic heterocycles. The number of hydrogen-bond acceptors (Lipinski definition) is 3. The van der Waals surface area contributed by atoms with Gasteiger partial charge in [-0.15, -0.1) is 0 Å². The van der Waals surface area contributed by atoms with Crippen LogP contribution in [-0.4, -0.2) is 16.2 Å². The largest absolute Gasteiger partial charge is 0.508 e. The van der Waals surface area contributed by atoms with E-state index in [9.17, 15) is 15.0 Å². The lowest BCUT2D eigenvalue weighted by atomic mass is 10.1. The van der Waals surface area contributed by atoms with Gasteiger partial charge >= 0.3 is 5.97 Å². The minimum atomic E-state index is -1.02. The topological polar surface area (TPSA) is 69.6 Å². The predicted octanol–water partition coefficient (Wildman–Crippen LogP) is 3.28. The molecular formula is C14H12ClNO3. The molecule has 0 saturated carbocycles. The highest BCUT2D eigenvalue weighted by Crippen LogP contribution is 2.26. The summed E-state index contributed by atoms with van der Waals surface area (Å²) in [5.41, 5.74) is 1.08. The SMILES string of the molecule is O=C(O)C(Nc1ccccc1Cl)c1ccc(O)cc1. The van der Waals surface area contributed by atoms with E-state index in [1.54, 1.807) is 36.4 Å². The first-order valence-electron chi connectivity index (χ1n) is 5.61. The maximum Gasteiger partial charge on any atom is 0.330 e. The van der Waals surface area contributed by atoms with Crippen molar-refractivity contribution in [1.82, 2.24) is 0 Å². The van der Waals surface area contributed by atoms with Gasteiger partial charge < -0.3 is 15.5 Å². The summed E-state index contributed by atoms with van der Waals surface area (Å²) in [6.07, 6.45) is 0. The number of carboxylic acid groups (broad SMARTS) is 1. The van der Waals surface area contributed by atoms with Crippen LogP contribution < -0.4 is 5.32 Å². The van der Waals surface area contributed by atoms with E-state index in [1.165, 1.54) is 12.1 Å². The van der Waals surface area contributed by atoms with Crippen molar-refractivity contribution in [2.45, 2.75) is 6.04 Å². The maximum atomic E-state index is 11.3. The predicted molar refractivity (Wildman–Crippen MR) is 73.6 cm³/mol. The third-order valence-electron chi connectivity index (χ3n) is 2.65. The van der Waals surface area contributed by atoms with Crippen LogP contribution in [0.3, 0.4) is 0 Å². The summed E-state index contributed by atoms with van der Waals surface area (Å²) in [5, 5.41) is 21.8. The Morgan fingerprint density at radius 2 is 1.74 bits per heavy atom.